The van der Waals surface area contributed by atoms with E-state index in [0.29, 0.717) is 0 Å². The second kappa shape index (κ2) is 20.1. The van der Waals surface area contributed by atoms with Crippen LogP contribution in [0.5, 0.6) is 0 Å². The summed E-state index contributed by atoms with van der Waals surface area (Å²) in [5.41, 5.74) is 0. The lowest BCUT2D eigenvalue weighted by Gasteiger charge is -2.23. The molecule has 0 radical (unpaired) electrons. The first-order chi connectivity index (χ1) is 13.1. The minimum Gasteiger partial charge on any atom is -0.726 e. The molecule has 0 spiro atoms. The first-order valence-corrected chi connectivity index (χ1v) is 12.8. The van der Waals surface area contributed by atoms with Gasteiger partial charge < -0.3 is 9.04 Å². The predicted octanol–water partition coefficient (Wildman–Crippen LogP) is 6.05. The smallest absolute Gasteiger partial charge is 0.217 e. The summed E-state index contributed by atoms with van der Waals surface area (Å²) >= 11 is 0. The highest BCUT2D eigenvalue weighted by Gasteiger charge is 2.04. The molecule has 0 aromatic rings. The Morgan fingerprint density at radius 1 is 0.643 bits per heavy atom. The molecule has 0 saturated heterocycles. The number of unbranched alkanes of at least 4 members (excludes halogenated alkanes) is 15. The van der Waals surface area contributed by atoms with Gasteiger partial charge >= 0.3 is 0 Å². The van der Waals surface area contributed by atoms with Gasteiger partial charge in [0.25, 0.3) is 0 Å². The average molecular weight is 424 g/mol. The van der Waals surface area contributed by atoms with Gasteiger partial charge in [-0.2, -0.15) is 0 Å². The van der Waals surface area contributed by atoms with Crippen LogP contribution in [-0.2, 0) is 14.6 Å². The standard InChI is InChI=1S/C21H46N.CH4O4S/c1-5-6-7-8-9-10-11-12-13-14-15-16-17-18-19-20-21-22(2,3)4;1-5-6(2,3)4/h5-21H2,1-4H3;1H3,(H,2,3,4)/q+1;/p-1. The maximum absolute atomic E-state index is 9.22. The minimum atomic E-state index is -4.41. The summed E-state index contributed by atoms with van der Waals surface area (Å²) in [7, 11) is 3.29. The van der Waals surface area contributed by atoms with Crippen LogP contribution in [0.4, 0.5) is 0 Å². The molecular formula is C22H49NO4S. The Labute approximate surface area is 176 Å². The summed E-state index contributed by atoms with van der Waals surface area (Å²) in [5.74, 6) is 0. The van der Waals surface area contributed by atoms with Crippen molar-refractivity contribution in [1.29, 1.82) is 0 Å². The first-order valence-electron chi connectivity index (χ1n) is 11.4. The highest BCUT2D eigenvalue weighted by Crippen LogP contribution is 2.13. The van der Waals surface area contributed by atoms with Gasteiger partial charge in [0.05, 0.1) is 34.8 Å². The van der Waals surface area contributed by atoms with E-state index in [0.717, 1.165) is 11.6 Å². The van der Waals surface area contributed by atoms with Crippen molar-refractivity contribution in [1.82, 2.24) is 0 Å². The van der Waals surface area contributed by atoms with Gasteiger partial charge in [0.1, 0.15) is 0 Å². The summed E-state index contributed by atoms with van der Waals surface area (Å²) in [4.78, 5) is 0. The van der Waals surface area contributed by atoms with Gasteiger partial charge in [-0.3, -0.25) is 4.18 Å². The van der Waals surface area contributed by atoms with Crippen LogP contribution in [0.2, 0.25) is 0 Å². The SMILES string of the molecule is CCCCCCCCCCCCCCCCCC[N+](C)(C)C.COS(=O)(=O)[O-]. The zero-order valence-corrected chi connectivity index (χ0v) is 20.3. The fourth-order valence-corrected chi connectivity index (χ4v) is 3.13. The van der Waals surface area contributed by atoms with Crippen LogP contribution in [0.25, 0.3) is 0 Å². The zero-order chi connectivity index (χ0) is 21.7. The van der Waals surface area contributed by atoms with Gasteiger partial charge in [0.2, 0.25) is 10.4 Å². The molecular weight excluding hydrogens is 374 g/mol. The number of nitrogens with zero attached hydrogens (tertiary/aromatic N) is 1. The quantitative estimate of drug-likeness (QED) is 0.116. The third-order valence-corrected chi connectivity index (χ3v) is 5.29. The lowest BCUT2D eigenvalue weighted by molar-refractivity contribution is -0.870. The highest BCUT2D eigenvalue weighted by atomic mass is 32.3. The molecule has 28 heavy (non-hydrogen) atoms. The molecule has 0 saturated carbocycles. The van der Waals surface area contributed by atoms with Crippen molar-refractivity contribution in [3.05, 3.63) is 0 Å². The molecule has 0 rings (SSSR count). The Morgan fingerprint density at radius 3 is 1.11 bits per heavy atom. The topological polar surface area (TPSA) is 66.4 Å². The number of hydrogen-bond acceptors (Lipinski definition) is 4. The van der Waals surface area contributed by atoms with Crippen LogP contribution in [0.15, 0.2) is 0 Å². The van der Waals surface area contributed by atoms with Gasteiger partial charge in [-0.05, 0) is 12.8 Å². The fraction of sp³-hybridized carbons (Fsp3) is 1.00. The minimum absolute atomic E-state index is 0.808. The van der Waals surface area contributed by atoms with Crippen molar-refractivity contribution in [2.75, 3.05) is 34.8 Å². The van der Waals surface area contributed by atoms with Crippen molar-refractivity contribution >= 4 is 10.4 Å². The molecule has 0 N–H and O–H groups in total. The van der Waals surface area contributed by atoms with Crippen LogP contribution in [0, 0.1) is 0 Å². The Kier molecular flexibility index (Phi) is 21.6. The lowest BCUT2D eigenvalue weighted by atomic mass is 10.0. The molecule has 0 aliphatic rings. The van der Waals surface area contributed by atoms with E-state index in [1.54, 1.807) is 0 Å². The summed E-state index contributed by atoms with van der Waals surface area (Å²) < 4.78 is 32.1. The van der Waals surface area contributed by atoms with Crippen molar-refractivity contribution in [2.24, 2.45) is 0 Å². The molecule has 0 bridgehead atoms. The van der Waals surface area contributed by atoms with Crippen LogP contribution in [0.1, 0.15) is 110 Å². The zero-order valence-electron chi connectivity index (χ0n) is 19.5. The Hall–Kier alpha value is -0.170. The molecule has 0 amide bonds. The fourth-order valence-electron chi connectivity index (χ4n) is 3.13. The third-order valence-electron chi connectivity index (χ3n) is 4.89. The molecule has 172 valence electrons. The second-order valence-electron chi connectivity index (χ2n) is 8.89. The first kappa shape index (κ1) is 30.0. The van der Waals surface area contributed by atoms with Gasteiger partial charge in [0.15, 0.2) is 0 Å². The Bertz CT molecular complexity index is 405. The summed E-state index contributed by atoms with van der Waals surface area (Å²) in [6.07, 6.45) is 23.4. The van der Waals surface area contributed by atoms with Crippen LogP contribution >= 0.6 is 0 Å². The molecule has 0 atom stereocenters. The van der Waals surface area contributed by atoms with Crippen molar-refractivity contribution in [3.8, 4) is 0 Å². The molecule has 5 nitrogen and oxygen atoms in total. The van der Waals surface area contributed by atoms with Gasteiger partial charge in [-0.15, -0.1) is 0 Å². The molecule has 0 unspecified atom stereocenters. The lowest BCUT2D eigenvalue weighted by Crippen LogP contribution is -2.35. The van der Waals surface area contributed by atoms with Crippen LogP contribution in [-0.4, -0.2) is 52.3 Å². The highest BCUT2D eigenvalue weighted by molar-refractivity contribution is 7.80. The van der Waals surface area contributed by atoms with E-state index in [4.69, 9.17) is 0 Å². The maximum Gasteiger partial charge on any atom is 0.217 e. The Morgan fingerprint density at radius 2 is 0.893 bits per heavy atom. The van der Waals surface area contributed by atoms with E-state index in [2.05, 4.69) is 32.2 Å². The van der Waals surface area contributed by atoms with E-state index < -0.39 is 10.4 Å². The molecule has 0 aromatic heterocycles. The van der Waals surface area contributed by atoms with Crippen LogP contribution < -0.4 is 0 Å². The summed E-state index contributed by atoms with van der Waals surface area (Å²) in [6.45, 7) is 3.63. The Balaban J connectivity index is 0. The van der Waals surface area contributed by atoms with E-state index in [1.807, 2.05) is 0 Å². The van der Waals surface area contributed by atoms with Gasteiger partial charge in [0, 0.05) is 0 Å². The number of quaternary nitrogens is 1. The number of rotatable bonds is 18. The summed E-state index contributed by atoms with van der Waals surface area (Å²) in [5, 5.41) is 0. The molecule has 6 heteroatoms. The third kappa shape index (κ3) is 33.4. The molecule has 0 aromatic carbocycles. The average Bonchev–Trinajstić information content (AvgIpc) is 2.60. The number of hydrogen-bond donors (Lipinski definition) is 0. The van der Waals surface area contributed by atoms with Gasteiger partial charge in [-0.1, -0.05) is 96.8 Å². The largest absolute Gasteiger partial charge is 0.726 e. The molecule has 0 aliphatic heterocycles. The van der Waals surface area contributed by atoms with Crippen molar-refractivity contribution in [2.45, 2.75) is 110 Å². The van der Waals surface area contributed by atoms with Crippen molar-refractivity contribution < 1.29 is 21.6 Å². The second-order valence-corrected chi connectivity index (χ2v) is 10.0. The van der Waals surface area contributed by atoms with E-state index in [9.17, 15) is 13.0 Å². The van der Waals surface area contributed by atoms with Crippen LogP contribution in [0.3, 0.4) is 0 Å². The van der Waals surface area contributed by atoms with Gasteiger partial charge in [-0.25, -0.2) is 8.42 Å². The predicted molar refractivity (Wildman–Crippen MR) is 119 cm³/mol. The summed E-state index contributed by atoms with van der Waals surface area (Å²) in [6, 6.07) is 0. The van der Waals surface area contributed by atoms with E-state index >= 15 is 0 Å². The molecule has 0 aliphatic carbocycles. The van der Waals surface area contributed by atoms with E-state index in [-0.39, 0.29) is 0 Å². The maximum atomic E-state index is 9.22. The normalized spacial score (nSPS) is 11.9. The molecule has 0 fully saturated rings. The molecule has 0 heterocycles. The van der Waals surface area contributed by atoms with E-state index in [1.165, 1.54) is 109 Å². The monoisotopic (exact) mass is 423 g/mol. The van der Waals surface area contributed by atoms with Crippen molar-refractivity contribution in [3.63, 3.8) is 0 Å².